The molecule has 0 aliphatic carbocycles. The number of carbonyl (C=O) groups excluding carboxylic acids is 3. The zero-order chi connectivity index (χ0) is 22.8. The van der Waals surface area contributed by atoms with Gasteiger partial charge in [0.05, 0.1) is 25.4 Å². The molecule has 3 aliphatic rings. The zero-order valence-corrected chi connectivity index (χ0v) is 19.1. The molecule has 0 saturated carbocycles. The van der Waals surface area contributed by atoms with Crippen molar-refractivity contribution in [2.45, 2.75) is 39.7 Å². The zero-order valence-electron chi connectivity index (χ0n) is 19.1. The molecule has 3 aliphatic heterocycles. The van der Waals surface area contributed by atoms with Crippen LogP contribution in [0, 0.1) is 13.8 Å². The van der Waals surface area contributed by atoms with Crippen LogP contribution in [0.25, 0.3) is 5.57 Å². The summed E-state index contributed by atoms with van der Waals surface area (Å²) in [6.07, 6.45) is 0.757. The van der Waals surface area contributed by atoms with Crippen molar-refractivity contribution < 1.29 is 23.9 Å². The fourth-order valence-electron chi connectivity index (χ4n) is 4.81. The van der Waals surface area contributed by atoms with E-state index in [1.807, 2.05) is 36.9 Å². The lowest BCUT2D eigenvalue weighted by Crippen LogP contribution is -2.50. The molecule has 2 fully saturated rings. The molecule has 0 bridgehead atoms. The summed E-state index contributed by atoms with van der Waals surface area (Å²) in [5.41, 5.74) is 3.87. The quantitative estimate of drug-likeness (QED) is 0.668. The SMILES string of the molecule is CCOC(=O)N1CCC(N2C(=O)C(c3ccc(C)cc3C)=C(N3CCOCC3)C2=O)CC1. The predicted octanol–water partition coefficient (Wildman–Crippen LogP) is 2.34. The van der Waals surface area contributed by atoms with Crippen LogP contribution in [0.5, 0.6) is 0 Å². The molecule has 1 aromatic carbocycles. The molecule has 8 nitrogen and oxygen atoms in total. The minimum absolute atomic E-state index is 0.235. The Morgan fingerprint density at radius 2 is 1.75 bits per heavy atom. The molecule has 0 radical (unpaired) electrons. The van der Waals surface area contributed by atoms with Crippen molar-refractivity contribution in [1.29, 1.82) is 0 Å². The maximum atomic E-state index is 13.7. The highest BCUT2D eigenvalue weighted by atomic mass is 16.6. The van der Waals surface area contributed by atoms with Gasteiger partial charge in [-0.2, -0.15) is 0 Å². The van der Waals surface area contributed by atoms with Crippen molar-refractivity contribution in [1.82, 2.24) is 14.7 Å². The molecule has 4 rings (SSSR count). The highest BCUT2D eigenvalue weighted by Gasteiger charge is 2.46. The maximum Gasteiger partial charge on any atom is 0.409 e. The molecule has 2 saturated heterocycles. The molecule has 32 heavy (non-hydrogen) atoms. The topological polar surface area (TPSA) is 79.4 Å². The summed E-state index contributed by atoms with van der Waals surface area (Å²) in [7, 11) is 0. The summed E-state index contributed by atoms with van der Waals surface area (Å²) in [4.78, 5) is 44.5. The lowest BCUT2D eigenvalue weighted by molar-refractivity contribution is -0.141. The molecule has 3 amide bonds. The van der Waals surface area contributed by atoms with Crippen LogP contribution in [0.2, 0.25) is 0 Å². The average molecular weight is 442 g/mol. The van der Waals surface area contributed by atoms with E-state index < -0.39 is 0 Å². The van der Waals surface area contributed by atoms with Crippen molar-refractivity contribution in [3.63, 3.8) is 0 Å². The second-order valence-corrected chi connectivity index (χ2v) is 8.54. The lowest BCUT2D eigenvalue weighted by Gasteiger charge is -2.36. The Hall–Kier alpha value is -2.87. The Bertz CT molecular complexity index is 943. The Morgan fingerprint density at radius 3 is 2.38 bits per heavy atom. The van der Waals surface area contributed by atoms with E-state index in [0.717, 1.165) is 16.7 Å². The van der Waals surface area contributed by atoms with Gasteiger partial charge in [-0.25, -0.2) is 4.79 Å². The lowest BCUT2D eigenvalue weighted by atomic mass is 9.97. The first-order chi connectivity index (χ1) is 15.4. The van der Waals surface area contributed by atoms with Crippen LogP contribution in [0.15, 0.2) is 23.9 Å². The van der Waals surface area contributed by atoms with Gasteiger partial charge in [0.15, 0.2) is 0 Å². The monoisotopic (exact) mass is 441 g/mol. The Labute approximate surface area is 188 Å². The Kier molecular flexibility index (Phi) is 6.50. The summed E-state index contributed by atoms with van der Waals surface area (Å²) in [6, 6.07) is 5.72. The number of hydrogen-bond donors (Lipinski definition) is 0. The molecule has 172 valence electrons. The molecule has 3 heterocycles. The number of nitrogens with zero attached hydrogens (tertiary/aromatic N) is 3. The summed E-state index contributed by atoms with van der Waals surface area (Å²) < 4.78 is 10.6. The van der Waals surface area contributed by atoms with Crippen molar-refractivity contribution in [3.8, 4) is 0 Å². The van der Waals surface area contributed by atoms with E-state index in [0.29, 0.717) is 70.1 Å². The van der Waals surface area contributed by atoms with Crippen molar-refractivity contribution in [2.75, 3.05) is 46.0 Å². The Balaban J connectivity index is 1.63. The smallest absolute Gasteiger partial charge is 0.409 e. The molecule has 8 heteroatoms. The van der Waals surface area contributed by atoms with E-state index in [1.54, 1.807) is 11.8 Å². The predicted molar refractivity (Wildman–Crippen MR) is 119 cm³/mol. The summed E-state index contributed by atoms with van der Waals surface area (Å²) in [5.74, 6) is -0.473. The summed E-state index contributed by atoms with van der Waals surface area (Å²) in [6.45, 7) is 9.25. The minimum Gasteiger partial charge on any atom is -0.450 e. The second-order valence-electron chi connectivity index (χ2n) is 8.54. The van der Waals surface area contributed by atoms with Gasteiger partial charge in [-0.15, -0.1) is 0 Å². The van der Waals surface area contributed by atoms with E-state index in [1.165, 1.54) is 4.90 Å². The van der Waals surface area contributed by atoms with Gasteiger partial charge in [0.1, 0.15) is 5.70 Å². The Morgan fingerprint density at radius 1 is 1.06 bits per heavy atom. The number of ether oxygens (including phenoxy) is 2. The molecule has 1 aromatic rings. The van der Waals surface area contributed by atoms with Crippen molar-refractivity contribution >= 4 is 23.5 Å². The van der Waals surface area contributed by atoms with Gasteiger partial charge in [0, 0.05) is 32.2 Å². The fraction of sp³-hybridized carbons (Fsp3) is 0.542. The first-order valence-electron chi connectivity index (χ1n) is 11.4. The molecule has 0 N–H and O–H groups in total. The largest absolute Gasteiger partial charge is 0.450 e. The van der Waals surface area contributed by atoms with Crippen LogP contribution in [-0.2, 0) is 19.1 Å². The highest BCUT2D eigenvalue weighted by Crippen LogP contribution is 2.36. The van der Waals surface area contributed by atoms with Crippen LogP contribution in [0.1, 0.15) is 36.5 Å². The maximum absolute atomic E-state index is 13.7. The van der Waals surface area contributed by atoms with Gasteiger partial charge in [-0.3, -0.25) is 14.5 Å². The number of rotatable bonds is 4. The average Bonchev–Trinajstić information content (AvgIpc) is 3.04. The van der Waals surface area contributed by atoms with Gasteiger partial charge < -0.3 is 19.3 Å². The standard InChI is InChI=1S/C24H31N3O5/c1-4-32-24(30)26-9-7-18(8-10-26)27-22(28)20(19-6-5-16(2)15-17(19)3)21(23(27)29)25-11-13-31-14-12-25/h5-6,15,18H,4,7-14H2,1-3H3. The van der Waals surface area contributed by atoms with Gasteiger partial charge >= 0.3 is 6.09 Å². The third-order valence-corrected chi connectivity index (χ3v) is 6.43. The third-order valence-electron chi connectivity index (χ3n) is 6.43. The number of piperidine rings is 1. The number of carbonyl (C=O) groups is 3. The number of hydrogen-bond acceptors (Lipinski definition) is 6. The highest BCUT2D eigenvalue weighted by molar-refractivity contribution is 6.36. The third kappa shape index (κ3) is 4.11. The van der Waals surface area contributed by atoms with Crippen molar-refractivity contribution in [2.24, 2.45) is 0 Å². The fourth-order valence-corrected chi connectivity index (χ4v) is 4.81. The van der Waals surface area contributed by atoms with Crippen LogP contribution >= 0.6 is 0 Å². The summed E-state index contributed by atoms with van der Waals surface area (Å²) >= 11 is 0. The van der Waals surface area contributed by atoms with Crippen LogP contribution in [0.3, 0.4) is 0 Å². The number of morpholine rings is 1. The second kappa shape index (κ2) is 9.32. The van der Waals surface area contributed by atoms with E-state index in [4.69, 9.17) is 9.47 Å². The van der Waals surface area contributed by atoms with E-state index in [2.05, 4.69) is 0 Å². The van der Waals surface area contributed by atoms with E-state index >= 15 is 0 Å². The number of benzene rings is 1. The molecular weight excluding hydrogens is 410 g/mol. The van der Waals surface area contributed by atoms with E-state index in [9.17, 15) is 14.4 Å². The van der Waals surface area contributed by atoms with Gasteiger partial charge in [-0.1, -0.05) is 23.8 Å². The van der Waals surface area contributed by atoms with Gasteiger partial charge in [-0.05, 0) is 44.7 Å². The van der Waals surface area contributed by atoms with Crippen LogP contribution < -0.4 is 0 Å². The number of aryl methyl sites for hydroxylation is 2. The number of imide groups is 1. The first-order valence-corrected chi connectivity index (χ1v) is 11.4. The molecule has 0 unspecified atom stereocenters. The van der Waals surface area contributed by atoms with Crippen molar-refractivity contribution in [3.05, 3.63) is 40.6 Å². The number of amides is 3. The molecule has 0 spiro atoms. The van der Waals surface area contributed by atoms with Gasteiger partial charge in [0.2, 0.25) is 0 Å². The number of likely N-dealkylation sites (tertiary alicyclic amines) is 1. The van der Waals surface area contributed by atoms with E-state index in [-0.39, 0.29) is 23.9 Å². The molecule has 0 aromatic heterocycles. The molecule has 0 atom stereocenters. The van der Waals surface area contributed by atoms with Gasteiger partial charge in [0.25, 0.3) is 11.8 Å². The molecular formula is C24H31N3O5. The van der Waals surface area contributed by atoms with Crippen LogP contribution in [-0.4, -0.2) is 84.6 Å². The minimum atomic E-state index is -0.340. The summed E-state index contributed by atoms with van der Waals surface area (Å²) in [5, 5.41) is 0. The van der Waals surface area contributed by atoms with Crippen LogP contribution in [0.4, 0.5) is 4.79 Å². The normalized spacial score (nSPS) is 20.4. The first kappa shape index (κ1) is 22.3.